The number of carbonyl (C=O) groups excluding carboxylic acids is 1. The second-order valence-corrected chi connectivity index (χ2v) is 10.5. The van der Waals surface area contributed by atoms with Crippen molar-refractivity contribution in [3.8, 4) is 0 Å². The minimum absolute atomic E-state index is 0.0109. The second-order valence-electron chi connectivity index (χ2n) is 7.15. The fourth-order valence-electron chi connectivity index (χ4n) is 3.62. The summed E-state index contributed by atoms with van der Waals surface area (Å²) in [6, 6.07) is 14.1. The van der Waals surface area contributed by atoms with Crippen LogP contribution >= 0.6 is 23.4 Å². The Balaban J connectivity index is 1.36. The third-order valence-corrected chi connectivity index (χ3v) is 8.43. The highest BCUT2D eigenvalue weighted by molar-refractivity contribution is 7.99. The Morgan fingerprint density at radius 2 is 1.74 bits per heavy atom. The number of rotatable bonds is 6. The van der Waals surface area contributed by atoms with E-state index in [4.69, 9.17) is 11.6 Å². The van der Waals surface area contributed by atoms with Gasteiger partial charge in [0.15, 0.2) is 5.16 Å². The predicted molar refractivity (Wildman–Crippen MR) is 123 cm³/mol. The Morgan fingerprint density at radius 1 is 1.06 bits per heavy atom. The maximum absolute atomic E-state index is 12.8. The van der Waals surface area contributed by atoms with Gasteiger partial charge in [0, 0.05) is 37.7 Å². The van der Waals surface area contributed by atoms with Crippen molar-refractivity contribution in [2.75, 3.05) is 31.9 Å². The number of para-hydroxylation sites is 2. The van der Waals surface area contributed by atoms with Gasteiger partial charge in [-0.05, 0) is 43.3 Å². The second kappa shape index (κ2) is 9.20. The summed E-state index contributed by atoms with van der Waals surface area (Å²) in [5.74, 6) is 0.260. The molecule has 1 aliphatic rings. The van der Waals surface area contributed by atoms with E-state index in [2.05, 4.69) is 16.5 Å². The Hall–Kier alpha value is -2.07. The first-order valence-corrected chi connectivity index (χ1v) is 12.8. The number of carbonyl (C=O) groups is 1. The number of imidazole rings is 1. The summed E-state index contributed by atoms with van der Waals surface area (Å²) in [4.78, 5) is 19.3. The van der Waals surface area contributed by atoms with Gasteiger partial charge in [-0.15, -0.1) is 0 Å². The quantitative estimate of drug-likeness (QED) is 0.508. The summed E-state index contributed by atoms with van der Waals surface area (Å²) >= 11 is 7.28. The number of hydrogen-bond donors (Lipinski definition) is 0. The molecular weight excluding hydrogens is 456 g/mol. The fraction of sp³-hybridized carbons (Fsp3) is 0.333. The highest BCUT2D eigenvalue weighted by atomic mass is 35.5. The molecule has 1 amide bonds. The molecule has 0 saturated carbocycles. The lowest BCUT2D eigenvalue weighted by atomic mass is 10.3. The molecule has 0 N–H and O–H groups in total. The molecule has 1 aromatic heterocycles. The summed E-state index contributed by atoms with van der Waals surface area (Å²) in [5.41, 5.74) is 1.97. The molecule has 7 nitrogen and oxygen atoms in total. The van der Waals surface area contributed by atoms with E-state index in [1.165, 1.54) is 28.2 Å². The highest BCUT2D eigenvalue weighted by Gasteiger charge is 2.30. The van der Waals surface area contributed by atoms with E-state index in [1.54, 1.807) is 17.0 Å². The monoisotopic (exact) mass is 478 g/mol. The number of hydrogen-bond acceptors (Lipinski definition) is 5. The van der Waals surface area contributed by atoms with Crippen molar-refractivity contribution in [2.24, 2.45) is 0 Å². The molecule has 0 aliphatic carbocycles. The third-order valence-electron chi connectivity index (χ3n) is 5.30. The molecule has 2 aromatic carbocycles. The molecule has 2 heterocycles. The Labute approximate surface area is 191 Å². The van der Waals surface area contributed by atoms with Crippen LogP contribution in [0.4, 0.5) is 0 Å². The van der Waals surface area contributed by atoms with Gasteiger partial charge in [0.25, 0.3) is 0 Å². The van der Waals surface area contributed by atoms with Gasteiger partial charge >= 0.3 is 0 Å². The SMILES string of the molecule is CCn1c(SCC(=O)N2CCN(S(=O)(=O)c3ccc(Cl)cc3)CC2)nc2ccccc21. The molecule has 4 rings (SSSR count). The smallest absolute Gasteiger partial charge is 0.243 e. The van der Waals surface area contributed by atoms with Crippen molar-refractivity contribution in [3.63, 3.8) is 0 Å². The number of amides is 1. The van der Waals surface area contributed by atoms with Crippen molar-refractivity contribution in [1.29, 1.82) is 0 Å². The zero-order chi connectivity index (χ0) is 22.0. The number of aromatic nitrogens is 2. The van der Waals surface area contributed by atoms with Crippen molar-refractivity contribution < 1.29 is 13.2 Å². The molecule has 1 saturated heterocycles. The van der Waals surface area contributed by atoms with E-state index >= 15 is 0 Å². The summed E-state index contributed by atoms with van der Waals surface area (Å²) in [6.45, 7) is 4.12. The number of thioether (sulfide) groups is 1. The first-order valence-electron chi connectivity index (χ1n) is 10.0. The maximum Gasteiger partial charge on any atom is 0.243 e. The number of aryl methyl sites for hydroxylation is 1. The molecule has 0 spiro atoms. The lowest BCUT2D eigenvalue weighted by Gasteiger charge is -2.34. The lowest BCUT2D eigenvalue weighted by Crippen LogP contribution is -2.50. The molecular formula is C21H23ClN4O3S2. The summed E-state index contributed by atoms with van der Waals surface area (Å²) < 4.78 is 29.1. The Bertz CT molecular complexity index is 1190. The number of nitrogens with zero attached hydrogens (tertiary/aromatic N) is 4. The van der Waals surface area contributed by atoms with Crippen LogP contribution in [0.25, 0.3) is 11.0 Å². The Kier molecular flexibility index (Phi) is 6.57. The van der Waals surface area contributed by atoms with Crippen LogP contribution in [0.5, 0.6) is 0 Å². The number of benzene rings is 2. The van der Waals surface area contributed by atoms with E-state index in [-0.39, 0.29) is 29.6 Å². The lowest BCUT2D eigenvalue weighted by molar-refractivity contribution is -0.129. The van der Waals surface area contributed by atoms with Crippen LogP contribution in [0.2, 0.25) is 5.02 Å². The standard InChI is InChI=1S/C21H23ClN4O3S2/c1-2-26-19-6-4-3-5-18(19)23-21(26)30-15-20(27)24-11-13-25(14-12-24)31(28,29)17-9-7-16(22)8-10-17/h3-10H,2,11-15H2,1H3. The van der Waals surface area contributed by atoms with Crippen LogP contribution in [0, 0.1) is 0 Å². The average Bonchev–Trinajstić information content (AvgIpc) is 3.15. The van der Waals surface area contributed by atoms with Gasteiger partial charge in [-0.1, -0.05) is 35.5 Å². The van der Waals surface area contributed by atoms with Crippen LogP contribution < -0.4 is 0 Å². The Morgan fingerprint density at radius 3 is 2.42 bits per heavy atom. The van der Waals surface area contributed by atoms with Crippen LogP contribution in [-0.4, -0.2) is 65.0 Å². The molecule has 10 heteroatoms. The predicted octanol–water partition coefficient (Wildman–Crippen LogP) is 3.33. The summed E-state index contributed by atoms with van der Waals surface area (Å²) in [7, 11) is -3.59. The largest absolute Gasteiger partial charge is 0.339 e. The molecule has 31 heavy (non-hydrogen) atoms. The van der Waals surface area contributed by atoms with Crippen LogP contribution in [0.15, 0.2) is 58.6 Å². The minimum atomic E-state index is -3.59. The van der Waals surface area contributed by atoms with Gasteiger partial charge in [-0.25, -0.2) is 13.4 Å². The zero-order valence-corrected chi connectivity index (χ0v) is 19.5. The molecule has 1 fully saturated rings. The molecule has 3 aromatic rings. The van der Waals surface area contributed by atoms with Gasteiger partial charge in [0.2, 0.25) is 15.9 Å². The van der Waals surface area contributed by atoms with E-state index in [1.807, 2.05) is 24.3 Å². The van der Waals surface area contributed by atoms with Gasteiger partial charge in [0.05, 0.1) is 21.7 Å². The van der Waals surface area contributed by atoms with Crippen molar-refractivity contribution in [1.82, 2.24) is 18.8 Å². The topological polar surface area (TPSA) is 75.5 Å². The van der Waals surface area contributed by atoms with Crippen LogP contribution in [0.3, 0.4) is 0 Å². The number of fused-ring (bicyclic) bond motifs is 1. The third kappa shape index (κ3) is 4.59. The van der Waals surface area contributed by atoms with E-state index < -0.39 is 10.0 Å². The number of piperazine rings is 1. The summed E-state index contributed by atoms with van der Waals surface area (Å²) in [5, 5.41) is 1.31. The van der Waals surface area contributed by atoms with Gasteiger partial charge < -0.3 is 9.47 Å². The normalized spacial score (nSPS) is 15.5. The van der Waals surface area contributed by atoms with Crippen molar-refractivity contribution in [3.05, 3.63) is 53.6 Å². The van der Waals surface area contributed by atoms with E-state index in [9.17, 15) is 13.2 Å². The molecule has 164 valence electrons. The minimum Gasteiger partial charge on any atom is -0.339 e. The van der Waals surface area contributed by atoms with E-state index in [0.717, 1.165) is 22.7 Å². The fourth-order valence-corrected chi connectivity index (χ4v) is 6.15. The molecule has 0 bridgehead atoms. The first-order chi connectivity index (χ1) is 14.9. The first kappa shape index (κ1) is 22.1. The molecule has 1 aliphatic heterocycles. The maximum atomic E-state index is 12.8. The van der Waals surface area contributed by atoms with Crippen molar-refractivity contribution in [2.45, 2.75) is 23.5 Å². The molecule has 0 atom stereocenters. The zero-order valence-electron chi connectivity index (χ0n) is 17.1. The van der Waals surface area contributed by atoms with Crippen molar-refractivity contribution >= 4 is 50.3 Å². The molecule has 0 unspecified atom stereocenters. The van der Waals surface area contributed by atoms with Gasteiger partial charge in [-0.2, -0.15) is 4.31 Å². The van der Waals surface area contributed by atoms with Gasteiger partial charge in [0.1, 0.15) is 0 Å². The van der Waals surface area contributed by atoms with Gasteiger partial charge in [-0.3, -0.25) is 4.79 Å². The average molecular weight is 479 g/mol. The number of sulfonamides is 1. The summed E-state index contributed by atoms with van der Waals surface area (Å²) in [6.07, 6.45) is 0. The number of halogens is 1. The van der Waals surface area contributed by atoms with E-state index in [0.29, 0.717) is 18.1 Å². The highest BCUT2D eigenvalue weighted by Crippen LogP contribution is 2.25. The molecule has 0 radical (unpaired) electrons. The van der Waals surface area contributed by atoms with Crippen LogP contribution in [0.1, 0.15) is 6.92 Å². The van der Waals surface area contributed by atoms with Crippen LogP contribution in [-0.2, 0) is 21.4 Å².